The molecule has 9 heteroatoms. The number of ether oxygens (including phenoxy) is 2. The highest BCUT2D eigenvalue weighted by molar-refractivity contribution is 5.56. The van der Waals surface area contributed by atoms with Gasteiger partial charge in [0, 0.05) is 57.3 Å². The van der Waals surface area contributed by atoms with Crippen LogP contribution in [0.2, 0.25) is 0 Å². The molecule has 1 saturated heterocycles. The lowest BCUT2D eigenvalue weighted by molar-refractivity contribution is 0.0699. The van der Waals surface area contributed by atoms with Gasteiger partial charge in [-0.2, -0.15) is 0 Å². The molecule has 2 aromatic rings. The molecular formula is C24H37N7O2. The van der Waals surface area contributed by atoms with Crippen molar-refractivity contribution >= 4 is 11.6 Å². The Balaban J connectivity index is 1.30. The van der Waals surface area contributed by atoms with Gasteiger partial charge < -0.3 is 25.4 Å². The van der Waals surface area contributed by atoms with Crippen molar-refractivity contribution < 1.29 is 9.47 Å². The third-order valence-corrected chi connectivity index (χ3v) is 6.48. The summed E-state index contributed by atoms with van der Waals surface area (Å²) in [6.07, 6.45) is 10.1. The predicted octanol–water partition coefficient (Wildman–Crippen LogP) is 3.12. The van der Waals surface area contributed by atoms with E-state index >= 15 is 0 Å². The number of rotatable bonds is 10. The zero-order chi connectivity index (χ0) is 22.9. The van der Waals surface area contributed by atoms with Crippen LogP contribution in [-0.4, -0.2) is 71.5 Å². The molecule has 2 aromatic heterocycles. The minimum absolute atomic E-state index is 0.385. The second-order valence-electron chi connectivity index (χ2n) is 9.21. The summed E-state index contributed by atoms with van der Waals surface area (Å²) in [6.45, 7) is 5.52. The summed E-state index contributed by atoms with van der Waals surface area (Å²) < 4.78 is 10.7. The van der Waals surface area contributed by atoms with Crippen LogP contribution < -0.4 is 16.0 Å². The Kier molecular flexibility index (Phi) is 8.79. The number of hydrogen-bond acceptors (Lipinski definition) is 9. The minimum atomic E-state index is 0.385. The maximum atomic E-state index is 5.44. The highest BCUT2D eigenvalue weighted by atomic mass is 16.5. The van der Waals surface area contributed by atoms with E-state index in [0.29, 0.717) is 29.9 Å². The first kappa shape index (κ1) is 23.8. The molecule has 9 nitrogen and oxygen atoms in total. The Morgan fingerprint density at radius 1 is 1.03 bits per heavy atom. The molecule has 33 heavy (non-hydrogen) atoms. The molecule has 1 unspecified atom stereocenters. The number of anilines is 2. The average molecular weight is 456 g/mol. The van der Waals surface area contributed by atoms with Gasteiger partial charge in [-0.25, -0.2) is 19.9 Å². The summed E-state index contributed by atoms with van der Waals surface area (Å²) in [5, 5.41) is 10.7. The Bertz CT molecular complexity index is 854. The smallest absolute Gasteiger partial charge is 0.180 e. The first-order valence-electron chi connectivity index (χ1n) is 12.2. The van der Waals surface area contributed by atoms with E-state index in [9.17, 15) is 0 Å². The molecule has 180 valence electrons. The second kappa shape index (κ2) is 12.2. The molecule has 0 bridgehead atoms. The van der Waals surface area contributed by atoms with Crippen LogP contribution in [0.5, 0.6) is 0 Å². The number of nitrogens with one attached hydrogen (secondary N) is 3. The van der Waals surface area contributed by atoms with E-state index in [4.69, 9.17) is 9.47 Å². The molecule has 2 fully saturated rings. The van der Waals surface area contributed by atoms with Crippen LogP contribution in [0.25, 0.3) is 11.5 Å². The Hall–Kier alpha value is -2.36. The first-order chi connectivity index (χ1) is 16.2. The van der Waals surface area contributed by atoms with Crippen LogP contribution in [0.3, 0.4) is 0 Å². The molecule has 3 N–H and O–H groups in total. The van der Waals surface area contributed by atoms with E-state index in [1.165, 1.54) is 0 Å². The van der Waals surface area contributed by atoms with Crippen molar-refractivity contribution in [1.82, 2.24) is 25.3 Å². The maximum absolute atomic E-state index is 5.44. The number of methoxy groups -OCH3 is 1. The predicted molar refractivity (Wildman–Crippen MR) is 129 cm³/mol. The van der Waals surface area contributed by atoms with E-state index in [1.54, 1.807) is 19.6 Å². The largest absolute Gasteiger partial charge is 0.383 e. The van der Waals surface area contributed by atoms with Crippen LogP contribution >= 0.6 is 0 Å². The van der Waals surface area contributed by atoms with E-state index in [1.807, 2.05) is 12.1 Å². The normalized spacial score (nSPS) is 22.6. The molecule has 1 saturated carbocycles. The standard InChI is InChI=1S/C24H37N7O2/c1-17(15-32-2)29-19-3-5-20(6-4-19)30-23-13-21(27-16-28-23)24-25-10-7-22(31-24)26-14-18-8-11-33-12-9-18/h7,10,13,16-20,29H,3-6,8-9,11-12,14-15H2,1-2H3,(H,25,26,31)(H,27,28,30). The second-order valence-corrected chi connectivity index (χ2v) is 9.21. The Morgan fingerprint density at radius 3 is 2.61 bits per heavy atom. The quantitative estimate of drug-likeness (QED) is 0.498. The van der Waals surface area contributed by atoms with Crippen molar-refractivity contribution in [3.63, 3.8) is 0 Å². The van der Waals surface area contributed by atoms with Gasteiger partial charge in [0.15, 0.2) is 5.82 Å². The van der Waals surface area contributed by atoms with Gasteiger partial charge in [-0.15, -0.1) is 0 Å². The van der Waals surface area contributed by atoms with Gasteiger partial charge in [-0.05, 0) is 57.4 Å². The summed E-state index contributed by atoms with van der Waals surface area (Å²) in [5.74, 6) is 2.89. The summed E-state index contributed by atoms with van der Waals surface area (Å²) >= 11 is 0. The van der Waals surface area contributed by atoms with Gasteiger partial charge in [0.25, 0.3) is 0 Å². The third kappa shape index (κ3) is 7.31. The summed E-state index contributed by atoms with van der Waals surface area (Å²) in [6, 6.07) is 5.21. The molecule has 1 atom stereocenters. The zero-order valence-corrected chi connectivity index (χ0v) is 19.8. The van der Waals surface area contributed by atoms with Crippen molar-refractivity contribution in [2.24, 2.45) is 5.92 Å². The molecule has 2 aliphatic rings. The van der Waals surface area contributed by atoms with Gasteiger partial charge in [-0.3, -0.25) is 0 Å². The molecule has 1 aliphatic carbocycles. The highest BCUT2D eigenvalue weighted by Crippen LogP contribution is 2.24. The SMILES string of the molecule is COCC(C)NC1CCC(Nc2cc(-c3nccc(NCC4CCOCC4)n3)ncn2)CC1. The van der Waals surface area contributed by atoms with Crippen molar-refractivity contribution in [2.75, 3.05) is 44.1 Å². The van der Waals surface area contributed by atoms with Crippen LogP contribution in [-0.2, 0) is 9.47 Å². The fourth-order valence-corrected chi connectivity index (χ4v) is 4.65. The van der Waals surface area contributed by atoms with E-state index < -0.39 is 0 Å². The number of aromatic nitrogens is 4. The summed E-state index contributed by atoms with van der Waals surface area (Å²) in [4.78, 5) is 18.0. The topological polar surface area (TPSA) is 106 Å². The molecule has 0 spiro atoms. The van der Waals surface area contributed by atoms with Gasteiger partial charge in [0.05, 0.1) is 6.61 Å². The first-order valence-corrected chi connectivity index (χ1v) is 12.2. The van der Waals surface area contributed by atoms with Crippen LogP contribution in [0.1, 0.15) is 45.4 Å². The van der Waals surface area contributed by atoms with Gasteiger partial charge in [0.1, 0.15) is 23.7 Å². The lowest BCUT2D eigenvalue weighted by Crippen LogP contribution is -2.42. The molecule has 1 aliphatic heterocycles. The minimum Gasteiger partial charge on any atom is -0.383 e. The van der Waals surface area contributed by atoms with Crippen LogP contribution in [0.4, 0.5) is 11.6 Å². The van der Waals surface area contributed by atoms with E-state index in [2.05, 4.69) is 42.8 Å². The molecule has 0 amide bonds. The highest BCUT2D eigenvalue weighted by Gasteiger charge is 2.22. The fraction of sp³-hybridized carbons (Fsp3) is 0.667. The Morgan fingerprint density at radius 2 is 1.82 bits per heavy atom. The molecule has 0 radical (unpaired) electrons. The van der Waals surface area contributed by atoms with Crippen molar-refractivity contribution in [2.45, 2.75) is 63.6 Å². The monoisotopic (exact) mass is 455 g/mol. The van der Waals surface area contributed by atoms with Gasteiger partial charge in [0.2, 0.25) is 0 Å². The van der Waals surface area contributed by atoms with Crippen molar-refractivity contribution in [3.05, 3.63) is 24.7 Å². The Labute approximate surface area is 196 Å². The lowest BCUT2D eigenvalue weighted by Gasteiger charge is -2.31. The molecule has 4 rings (SSSR count). The van der Waals surface area contributed by atoms with E-state index in [-0.39, 0.29) is 0 Å². The summed E-state index contributed by atoms with van der Waals surface area (Å²) in [7, 11) is 1.75. The van der Waals surface area contributed by atoms with E-state index in [0.717, 1.165) is 82.2 Å². The van der Waals surface area contributed by atoms with Gasteiger partial charge in [-0.1, -0.05) is 0 Å². The lowest BCUT2D eigenvalue weighted by atomic mass is 9.90. The van der Waals surface area contributed by atoms with Crippen LogP contribution in [0, 0.1) is 5.92 Å². The molecule has 3 heterocycles. The van der Waals surface area contributed by atoms with Crippen molar-refractivity contribution in [1.29, 1.82) is 0 Å². The third-order valence-electron chi connectivity index (χ3n) is 6.48. The summed E-state index contributed by atoms with van der Waals surface area (Å²) in [5.41, 5.74) is 0.728. The van der Waals surface area contributed by atoms with Crippen LogP contribution in [0.15, 0.2) is 24.7 Å². The average Bonchev–Trinajstić information content (AvgIpc) is 2.85. The number of nitrogens with zero attached hydrogens (tertiary/aromatic N) is 4. The van der Waals surface area contributed by atoms with Gasteiger partial charge >= 0.3 is 0 Å². The maximum Gasteiger partial charge on any atom is 0.180 e. The number of hydrogen-bond donors (Lipinski definition) is 3. The fourth-order valence-electron chi connectivity index (χ4n) is 4.65. The zero-order valence-electron chi connectivity index (χ0n) is 19.8. The van der Waals surface area contributed by atoms with Crippen molar-refractivity contribution in [3.8, 4) is 11.5 Å². The molecular weight excluding hydrogens is 418 g/mol. The molecule has 0 aromatic carbocycles.